The molecule has 0 aliphatic heterocycles. The minimum absolute atomic E-state index is 0.0851. The van der Waals surface area contributed by atoms with Gasteiger partial charge in [0.2, 0.25) is 0 Å². The number of nitrogens with zero attached hydrogens (tertiary/aromatic N) is 2. The van der Waals surface area contributed by atoms with Crippen LogP contribution in [-0.4, -0.2) is 9.97 Å². The first kappa shape index (κ1) is 10.9. The monoisotopic (exact) mass is 226 g/mol. The highest BCUT2D eigenvalue weighted by Crippen LogP contribution is 2.33. The van der Waals surface area contributed by atoms with E-state index in [4.69, 9.17) is 0 Å². The molecule has 2 rings (SSSR count). The lowest BCUT2D eigenvalue weighted by molar-refractivity contribution is -0.136. The molecule has 0 unspecified atom stereocenters. The second kappa shape index (κ2) is 3.43. The van der Waals surface area contributed by atoms with Gasteiger partial charge < -0.3 is 0 Å². The van der Waals surface area contributed by atoms with Crippen molar-refractivity contribution in [3.05, 3.63) is 35.2 Å². The maximum absolute atomic E-state index is 12.7. The van der Waals surface area contributed by atoms with E-state index in [1.54, 1.807) is 13.8 Å². The highest BCUT2D eigenvalue weighted by molar-refractivity contribution is 5.78. The number of benzene rings is 1. The molecule has 0 saturated carbocycles. The van der Waals surface area contributed by atoms with Crippen LogP contribution in [0.15, 0.2) is 18.2 Å². The number of para-hydroxylation sites is 1. The van der Waals surface area contributed by atoms with E-state index in [-0.39, 0.29) is 11.0 Å². The zero-order valence-corrected chi connectivity index (χ0v) is 8.76. The Labute approximate surface area is 90.1 Å². The molecule has 1 heterocycles. The Morgan fingerprint density at radius 3 is 2.25 bits per heavy atom. The molecule has 0 atom stereocenters. The number of fused-ring (bicyclic) bond motifs is 1. The average molecular weight is 226 g/mol. The predicted octanol–water partition coefficient (Wildman–Crippen LogP) is 3.27. The van der Waals surface area contributed by atoms with Crippen molar-refractivity contribution < 1.29 is 13.2 Å². The minimum atomic E-state index is -4.39. The second-order valence-corrected chi connectivity index (χ2v) is 3.57. The van der Waals surface area contributed by atoms with Crippen LogP contribution >= 0.6 is 0 Å². The molecule has 0 amide bonds. The summed E-state index contributed by atoms with van der Waals surface area (Å²) in [6, 6.07) is 3.89. The predicted molar refractivity (Wildman–Crippen MR) is 54.0 cm³/mol. The average Bonchev–Trinajstić information content (AvgIpc) is 2.17. The standard InChI is InChI=1S/C11H9F3N2/c1-6-7(2)16-10-8(11(12,13)14)4-3-5-9(10)15-6/h3-5H,1-2H3. The highest BCUT2D eigenvalue weighted by atomic mass is 19.4. The number of aryl methyl sites for hydroxylation is 2. The third-order valence-electron chi connectivity index (χ3n) is 2.41. The van der Waals surface area contributed by atoms with Crippen molar-refractivity contribution in [3.63, 3.8) is 0 Å². The summed E-state index contributed by atoms with van der Waals surface area (Å²) < 4.78 is 38.0. The molecule has 0 fully saturated rings. The molecular weight excluding hydrogens is 217 g/mol. The Kier molecular flexibility index (Phi) is 2.33. The Morgan fingerprint density at radius 2 is 1.62 bits per heavy atom. The van der Waals surface area contributed by atoms with Gasteiger partial charge in [-0.15, -0.1) is 0 Å². The summed E-state index contributed by atoms with van der Waals surface area (Å²) in [5.41, 5.74) is 0.618. The van der Waals surface area contributed by atoms with Gasteiger partial charge in [-0.05, 0) is 26.0 Å². The van der Waals surface area contributed by atoms with Gasteiger partial charge in [0, 0.05) is 0 Å². The van der Waals surface area contributed by atoms with Crippen molar-refractivity contribution in [2.24, 2.45) is 0 Å². The largest absolute Gasteiger partial charge is 0.418 e. The number of aromatic nitrogens is 2. The molecule has 84 valence electrons. The van der Waals surface area contributed by atoms with E-state index in [1.165, 1.54) is 12.1 Å². The number of hydrogen-bond acceptors (Lipinski definition) is 2. The maximum Gasteiger partial charge on any atom is 0.418 e. The van der Waals surface area contributed by atoms with Crippen LogP contribution in [0, 0.1) is 13.8 Å². The Hall–Kier alpha value is -1.65. The molecule has 0 aliphatic carbocycles. The smallest absolute Gasteiger partial charge is 0.250 e. The molecule has 16 heavy (non-hydrogen) atoms. The van der Waals surface area contributed by atoms with Crippen molar-refractivity contribution in [2.45, 2.75) is 20.0 Å². The molecule has 0 spiro atoms. The molecule has 0 radical (unpaired) electrons. The maximum atomic E-state index is 12.7. The van der Waals surface area contributed by atoms with Gasteiger partial charge in [-0.3, -0.25) is 0 Å². The summed E-state index contributed by atoms with van der Waals surface area (Å²) in [6.45, 7) is 3.37. The van der Waals surface area contributed by atoms with Crippen molar-refractivity contribution in [1.29, 1.82) is 0 Å². The van der Waals surface area contributed by atoms with Crippen molar-refractivity contribution in [3.8, 4) is 0 Å². The molecule has 0 aliphatic rings. The lowest BCUT2D eigenvalue weighted by Crippen LogP contribution is -2.08. The minimum Gasteiger partial charge on any atom is -0.250 e. The molecule has 0 saturated heterocycles. The zero-order valence-electron chi connectivity index (χ0n) is 8.76. The van der Waals surface area contributed by atoms with Gasteiger partial charge in [0.1, 0.15) is 5.52 Å². The Morgan fingerprint density at radius 1 is 1.00 bits per heavy atom. The molecular formula is C11H9F3N2. The van der Waals surface area contributed by atoms with E-state index in [2.05, 4.69) is 9.97 Å². The molecule has 1 aromatic heterocycles. The lowest BCUT2D eigenvalue weighted by Gasteiger charge is -2.10. The van der Waals surface area contributed by atoms with Gasteiger partial charge in [0.25, 0.3) is 0 Å². The van der Waals surface area contributed by atoms with Crippen LogP contribution in [0.5, 0.6) is 0 Å². The van der Waals surface area contributed by atoms with Crippen LogP contribution < -0.4 is 0 Å². The van der Waals surface area contributed by atoms with Gasteiger partial charge in [0.05, 0.1) is 22.5 Å². The first-order valence-electron chi connectivity index (χ1n) is 4.71. The first-order chi connectivity index (χ1) is 7.39. The van der Waals surface area contributed by atoms with Crippen LogP contribution in [0.4, 0.5) is 13.2 Å². The summed E-state index contributed by atoms with van der Waals surface area (Å²) >= 11 is 0. The molecule has 2 nitrogen and oxygen atoms in total. The number of alkyl halides is 3. The normalized spacial score (nSPS) is 12.1. The lowest BCUT2D eigenvalue weighted by atomic mass is 10.1. The van der Waals surface area contributed by atoms with Crippen LogP contribution in [0.3, 0.4) is 0 Å². The van der Waals surface area contributed by atoms with Gasteiger partial charge in [-0.2, -0.15) is 13.2 Å². The third kappa shape index (κ3) is 1.73. The van der Waals surface area contributed by atoms with Crippen molar-refractivity contribution >= 4 is 11.0 Å². The number of halogens is 3. The summed E-state index contributed by atoms with van der Waals surface area (Å²) in [5.74, 6) is 0. The van der Waals surface area contributed by atoms with Crippen LogP contribution in [0.2, 0.25) is 0 Å². The van der Waals surface area contributed by atoms with Crippen LogP contribution in [0.1, 0.15) is 17.0 Å². The topological polar surface area (TPSA) is 25.8 Å². The fraction of sp³-hybridized carbons (Fsp3) is 0.273. The molecule has 1 aromatic carbocycles. The van der Waals surface area contributed by atoms with E-state index in [1.807, 2.05) is 0 Å². The summed E-state index contributed by atoms with van der Waals surface area (Å²) in [7, 11) is 0. The summed E-state index contributed by atoms with van der Waals surface area (Å²) in [5, 5.41) is 0. The van der Waals surface area contributed by atoms with E-state index in [0.29, 0.717) is 11.4 Å². The fourth-order valence-electron chi connectivity index (χ4n) is 1.48. The van der Waals surface area contributed by atoms with Gasteiger partial charge in [-0.25, -0.2) is 9.97 Å². The van der Waals surface area contributed by atoms with Crippen molar-refractivity contribution in [1.82, 2.24) is 9.97 Å². The van der Waals surface area contributed by atoms with E-state index in [9.17, 15) is 13.2 Å². The Bertz CT molecular complexity index is 547. The zero-order chi connectivity index (χ0) is 11.9. The summed E-state index contributed by atoms with van der Waals surface area (Å²) in [6.07, 6.45) is -4.39. The van der Waals surface area contributed by atoms with E-state index >= 15 is 0 Å². The van der Waals surface area contributed by atoms with Gasteiger partial charge in [0.15, 0.2) is 0 Å². The molecule has 0 N–H and O–H groups in total. The second-order valence-electron chi connectivity index (χ2n) is 3.57. The molecule has 5 heteroatoms. The quantitative estimate of drug-likeness (QED) is 0.689. The first-order valence-corrected chi connectivity index (χ1v) is 4.71. The number of hydrogen-bond donors (Lipinski definition) is 0. The summed E-state index contributed by atoms with van der Waals surface area (Å²) in [4.78, 5) is 8.05. The SMILES string of the molecule is Cc1nc2cccc(C(F)(F)F)c2nc1C. The molecule has 0 bridgehead atoms. The van der Waals surface area contributed by atoms with Crippen LogP contribution in [-0.2, 0) is 6.18 Å². The van der Waals surface area contributed by atoms with Gasteiger partial charge >= 0.3 is 6.18 Å². The molecule has 2 aromatic rings. The van der Waals surface area contributed by atoms with Crippen LogP contribution in [0.25, 0.3) is 11.0 Å². The fourth-order valence-corrected chi connectivity index (χ4v) is 1.48. The van der Waals surface area contributed by atoms with Gasteiger partial charge in [-0.1, -0.05) is 6.07 Å². The van der Waals surface area contributed by atoms with Crippen molar-refractivity contribution in [2.75, 3.05) is 0 Å². The highest BCUT2D eigenvalue weighted by Gasteiger charge is 2.33. The van der Waals surface area contributed by atoms with E-state index in [0.717, 1.165) is 6.07 Å². The third-order valence-corrected chi connectivity index (χ3v) is 2.41. The van der Waals surface area contributed by atoms with E-state index < -0.39 is 11.7 Å². The number of rotatable bonds is 0. The Balaban J connectivity index is 2.82.